The fourth-order valence-electron chi connectivity index (χ4n) is 5.34. The zero-order chi connectivity index (χ0) is 10.8. The molecule has 4 bridgehead atoms. The number of alkyl halides is 1. The molecule has 4 aliphatic rings. The van der Waals surface area contributed by atoms with Crippen LogP contribution in [0.1, 0.15) is 32.1 Å². The second kappa shape index (κ2) is 2.88. The van der Waals surface area contributed by atoms with Crippen LogP contribution in [0.15, 0.2) is 0 Å². The van der Waals surface area contributed by atoms with Gasteiger partial charge in [-0.15, -0.1) is 0 Å². The first-order valence-corrected chi connectivity index (χ1v) is 10.1. The molecule has 4 aliphatic carbocycles. The second-order valence-electron chi connectivity index (χ2n) is 7.51. The summed E-state index contributed by atoms with van der Waals surface area (Å²) in [4.78, 5) is 0. The van der Waals surface area contributed by atoms with Crippen molar-refractivity contribution in [2.75, 3.05) is 0 Å². The molecule has 0 radical (unpaired) electrons. The van der Waals surface area contributed by atoms with Gasteiger partial charge in [-0.3, -0.25) is 0 Å². The second-order valence-corrected chi connectivity index (χ2v) is 12.9. The van der Waals surface area contributed by atoms with E-state index in [0.717, 1.165) is 42.6 Å². The lowest BCUT2D eigenvalue weighted by Crippen LogP contribution is -2.55. The molecular weight excluding hydrogens is 203 g/mol. The topological polar surface area (TPSA) is 0 Å². The summed E-state index contributed by atoms with van der Waals surface area (Å²) in [5, 5.41) is 0. The van der Waals surface area contributed by atoms with E-state index in [0.29, 0.717) is 0 Å². The Labute approximate surface area is 93.6 Å². The van der Waals surface area contributed by atoms with Crippen LogP contribution in [-0.4, -0.2) is 13.7 Å². The highest BCUT2D eigenvalue weighted by Gasteiger charge is 2.58. The van der Waals surface area contributed by atoms with E-state index in [1.54, 1.807) is 0 Å². The van der Waals surface area contributed by atoms with Gasteiger partial charge in [-0.25, -0.2) is 4.39 Å². The van der Waals surface area contributed by atoms with Crippen molar-refractivity contribution in [1.29, 1.82) is 0 Å². The standard InChI is InChI=1S/C13H23FSi/c1-15(2,3)12-10-4-9-5-11(12)8-13(14,6-9)7-10/h9-12H,4-8H2,1-3H3/t9?,10-,11+,12?,13?. The van der Waals surface area contributed by atoms with E-state index in [4.69, 9.17) is 0 Å². The molecule has 3 unspecified atom stereocenters. The number of hydrogen-bond donors (Lipinski definition) is 0. The Hall–Kier alpha value is 0.147. The van der Waals surface area contributed by atoms with Crippen molar-refractivity contribution in [2.24, 2.45) is 17.8 Å². The van der Waals surface area contributed by atoms with Gasteiger partial charge in [0, 0.05) is 8.07 Å². The van der Waals surface area contributed by atoms with Crippen LogP contribution in [0.25, 0.3) is 0 Å². The smallest absolute Gasteiger partial charge is 0.111 e. The fraction of sp³-hybridized carbons (Fsp3) is 1.00. The summed E-state index contributed by atoms with van der Waals surface area (Å²) in [5.74, 6) is 2.26. The average Bonchev–Trinajstić information content (AvgIpc) is 1.94. The first-order chi connectivity index (χ1) is 6.87. The Morgan fingerprint density at radius 3 is 1.93 bits per heavy atom. The molecule has 0 saturated heterocycles. The van der Waals surface area contributed by atoms with Crippen molar-refractivity contribution in [2.45, 2.75) is 63.0 Å². The molecule has 4 fully saturated rings. The molecule has 0 aromatic carbocycles. The van der Waals surface area contributed by atoms with Crippen LogP contribution >= 0.6 is 0 Å². The van der Waals surface area contributed by atoms with E-state index in [1.807, 2.05) is 0 Å². The molecule has 4 saturated carbocycles. The van der Waals surface area contributed by atoms with Gasteiger partial charge < -0.3 is 0 Å². The zero-order valence-electron chi connectivity index (χ0n) is 10.2. The van der Waals surface area contributed by atoms with Crippen LogP contribution < -0.4 is 0 Å². The third-order valence-electron chi connectivity index (χ3n) is 5.20. The molecule has 0 aliphatic heterocycles. The Morgan fingerprint density at radius 1 is 1.00 bits per heavy atom. The molecule has 0 heterocycles. The van der Waals surface area contributed by atoms with Crippen molar-refractivity contribution in [1.82, 2.24) is 0 Å². The molecule has 0 aromatic rings. The number of halogens is 1. The fourth-order valence-corrected chi connectivity index (χ4v) is 8.68. The molecule has 0 N–H and O–H groups in total. The van der Waals surface area contributed by atoms with Gasteiger partial charge in [0.25, 0.3) is 0 Å². The molecule has 0 aromatic heterocycles. The predicted molar refractivity (Wildman–Crippen MR) is 64.5 cm³/mol. The quantitative estimate of drug-likeness (QED) is 0.587. The maximum Gasteiger partial charge on any atom is 0.111 e. The zero-order valence-corrected chi connectivity index (χ0v) is 11.2. The van der Waals surface area contributed by atoms with Gasteiger partial charge in [-0.2, -0.15) is 0 Å². The van der Waals surface area contributed by atoms with Gasteiger partial charge in [0.05, 0.1) is 0 Å². The van der Waals surface area contributed by atoms with E-state index in [-0.39, 0.29) is 0 Å². The Kier molecular flexibility index (Phi) is 1.98. The SMILES string of the molecule is C[Si](C)(C)C1[C@@H]2CC3C[C@H]1CC(F)(C3)C2. The van der Waals surface area contributed by atoms with E-state index in [1.165, 1.54) is 12.8 Å². The largest absolute Gasteiger partial charge is 0.244 e. The highest BCUT2D eigenvalue weighted by Crippen LogP contribution is 2.64. The van der Waals surface area contributed by atoms with E-state index >= 15 is 0 Å². The average molecular weight is 226 g/mol. The minimum Gasteiger partial charge on any atom is -0.244 e. The lowest BCUT2D eigenvalue weighted by molar-refractivity contribution is -0.0738. The van der Waals surface area contributed by atoms with Gasteiger partial charge in [0.2, 0.25) is 0 Å². The number of hydrogen-bond acceptors (Lipinski definition) is 0. The van der Waals surface area contributed by atoms with Crippen LogP contribution in [0.5, 0.6) is 0 Å². The number of rotatable bonds is 1. The maximum atomic E-state index is 14.5. The first kappa shape index (κ1) is 10.3. The minimum atomic E-state index is -1.06. The van der Waals surface area contributed by atoms with Gasteiger partial charge in [-0.1, -0.05) is 19.6 Å². The summed E-state index contributed by atoms with van der Waals surface area (Å²) in [6.07, 6.45) is 5.44. The monoisotopic (exact) mass is 226 g/mol. The molecule has 2 heteroatoms. The minimum absolute atomic E-state index is 0.730. The maximum absolute atomic E-state index is 14.5. The van der Waals surface area contributed by atoms with Crippen LogP contribution in [-0.2, 0) is 0 Å². The predicted octanol–water partition coefficient (Wildman–Crippen LogP) is 4.24. The highest BCUT2D eigenvalue weighted by molar-refractivity contribution is 6.77. The Bertz CT molecular complexity index is 265. The van der Waals surface area contributed by atoms with Gasteiger partial charge in [-0.05, 0) is 55.4 Å². The van der Waals surface area contributed by atoms with Crippen LogP contribution in [0.4, 0.5) is 4.39 Å². The van der Waals surface area contributed by atoms with Gasteiger partial charge in [0.1, 0.15) is 5.67 Å². The molecule has 0 spiro atoms. The van der Waals surface area contributed by atoms with Gasteiger partial charge >= 0.3 is 0 Å². The van der Waals surface area contributed by atoms with Crippen molar-refractivity contribution in [3.05, 3.63) is 0 Å². The Balaban J connectivity index is 1.91. The summed E-state index contributed by atoms with van der Waals surface area (Å²) in [6, 6.07) is 0. The molecular formula is C13H23FSi. The van der Waals surface area contributed by atoms with Crippen LogP contribution in [0.3, 0.4) is 0 Å². The normalized spacial score (nSPS) is 53.6. The van der Waals surface area contributed by atoms with E-state index in [2.05, 4.69) is 19.6 Å². The third-order valence-corrected chi connectivity index (χ3v) is 8.14. The van der Waals surface area contributed by atoms with Crippen molar-refractivity contribution in [3.8, 4) is 0 Å². The molecule has 0 nitrogen and oxygen atoms in total. The van der Waals surface area contributed by atoms with Crippen molar-refractivity contribution >= 4 is 8.07 Å². The van der Waals surface area contributed by atoms with E-state index in [9.17, 15) is 4.39 Å². The third kappa shape index (κ3) is 1.51. The summed E-state index contributed by atoms with van der Waals surface area (Å²) >= 11 is 0. The van der Waals surface area contributed by atoms with Crippen molar-refractivity contribution < 1.29 is 4.39 Å². The summed E-state index contributed by atoms with van der Waals surface area (Å²) in [7, 11) is -1.06. The lowest BCUT2D eigenvalue weighted by Gasteiger charge is -2.59. The van der Waals surface area contributed by atoms with Gasteiger partial charge in [0.15, 0.2) is 0 Å². The van der Waals surface area contributed by atoms with Crippen LogP contribution in [0, 0.1) is 17.8 Å². The molecule has 5 atom stereocenters. The highest BCUT2D eigenvalue weighted by atomic mass is 28.3. The van der Waals surface area contributed by atoms with E-state index < -0.39 is 13.7 Å². The molecule has 0 amide bonds. The summed E-state index contributed by atoms with van der Waals surface area (Å²) in [6.45, 7) is 7.47. The Morgan fingerprint density at radius 2 is 1.53 bits per heavy atom. The summed E-state index contributed by atoms with van der Waals surface area (Å²) < 4.78 is 14.5. The van der Waals surface area contributed by atoms with Crippen molar-refractivity contribution in [3.63, 3.8) is 0 Å². The molecule has 4 rings (SSSR count). The van der Waals surface area contributed by atoms with Crippen LogP contribution in [0.2, 0.25) is 25.2 Å². The summed E-state index contributed by atoms with van der Waals surface area (Å²) in [5.41, 5.74) is 0.199. The first-order valence-electron chi connectivity index (χ1n) is 6.56. The lowest BCUT2D eigenvalue weighted by atomic mass is 9.54. The molecule has 15 heavy (non-hydrogen) atoms. The molecule has 86 valence electrons.